The summed E-state index contributed by atoms with van der Waals surface area (Å²) >= 11 is 0. The van der Waals surface area contributed by atoms with Gasteiger partial charge in [0.05, 0.1) is 13.2 Å². The highest BCUT2D eigenvalue weighted by atomic mass is 16.5. The van der Waals surface area contributed by atoms with Crippen LogP contribution in [0.2, 0.25) is 0 Å². The van der Waals surface area contributed by atoms with Crippen LogP contribution >= 0.6 is 0 Å². The van der Waals surface area contributed by atoms with Crippen LogP contribution in [0.15, 0.2) is 11.1 Å². The highest BCUT2D eigenvalue weighted by Crippen LogP contribution is 2.18. The van der Waals surface area contributed by atoms with E-state index in [1.807, 2.05) is 41.5 Å². The molecule has 0 aromatic heterocycles. The van der Waals surface area contributed by atoms with Gasteiger partial charge in [0, 0.05) is 11.1 Å². The molecule has 0 bridgehead atoms. The Labute approximate surface area is 122 Å². The van der Waals surface area contributed by atoms with Gasteiger partial charge in [-0.1, -0.05) is 41.5 Å². The van der Waals surface area contributed by atoms with Crippen LogP contribution in [0.1, 0.15) is 48.5 Å². The van der Waals surface area contributed by atoms with Crippen LogP contribution in [0.5, 0.6) is 0 Å². The molecule has 0 aromatic carbocycles. The maximum Gasteiger partial charge on any atom is 0.334 e. The number of rotatable bonds is 7. The van der Waals surface area contributed by atoms with Gasteiger partial charge in [0.15, 0.2) is 0 Å². The van der Waals surface area contributed by atoms with Crippen molar-refractivity contribution in [1.82, 2.24) is 0 Å². The summed E-state index contributed by atoms with van der Waals surface area (Å²) in [5.41, 5.74) is 0.744. The Morgan fingerprint density at radius 3 is 1.55 bits per heavy atom. The fourth-order valence-electron chi connectivity index (χ4n) is 1.60. The molecular formula is C16H28O4. The lowest BCUT2D eigenvalue weighted by molar-refractivity contribution is -0.143. The second kappa shape index (κ2) is 8.77. The minimum Gasteiger partial charge on any atom is -0.462 e. The Morgan fingerprint density at radius 2 is 1.20 bits per heavy atom. The first kappa shape index (κ1) is 18.7. The van der Waals surface area contributed by atoms with Crippen molar-refractivity contribution in [3.8, 4) is 0 Å². The second-order valence-electron chi connectivity index (χ2n) is 6.18. The Morgan fingerprint density at radius 1 is 0.800 bits per heavy atom. The molecule has 0 rings (SSSR count). The maximum atomic E-state index is 12.1. The van der Waals surface area contributed by atoms with Crippen molar-refractivity contribution < 1.29 is 19.1 Å². The predicted octanol–water partition coefficient (Wildman–Crippen LogP) is 3.36. The van der Waals surface area contributed by atoms with Crippen molar-refractivity contribution in [3.63, 3.8) is 0 Å². The molecule has 4 heteroatoms. The monoisotopic (exact) mass is 284 g/mol. The summed E-state index contributed by atoms with van der Waals surface area (Å²) in [5, 5.41) is 0. The Hall–Kier alpha value is -1.32. The first-order valence-electron chi connectivity index (χ1n) is 7.21. The van der Waals surface area contributed by atoms with Crippen molar-refractivity contribution in [2.75, 3.05) is 13.2 Å². The first-order valence-corrected chi connectivity index (χ1v) is 7.21. The fourth-order valence-corrected chi connectivity index (χ4v) is 1.60. The van der Waals surface area contributed by atoms with Gasteiger partial charge >= 0.3 is 11.9 Å². The van der Waals surface area contributed by atoms with Gasteiger partial charge in [0.2, 0.25) is 0 Å². The third kappa shape index (κ3) is 6.73. The van der Waals surface area contributed by atoms with Gasteiger partial charge in [-0.2, -0.15) is 0 Å². The molecule has 0 saturated heterocycles. The number of esters is 2. The second-order valence-corrected chi connectivity index (χ2v) is 6.18. The van der Waals surface area contributed by atoms with Gasteiger partial charge in [0.1, 0.15) is 0 Å². The highest BCUT2D eigenvalue weighted by Gasteiger charge is 2.23. The number of ether oxygens (including phenoxy) is 2. The zero-order valence-electron chi connectivity index (χ0n) is 13.8. The summed E-state index contributed by atoms with van der Waals surface area (Å²) in [5.74, 6) is -0.416. The topological polar surface area (TPSA) is 52.6 Å². The minimum atomic E-state index is -0.441. The van der Waals surface area contributed by atoms with Gasteiger partial charge < -0.3 is 9.47 Å². The number of carbonyl (C=O) groups is 2. The molecule has 0 amide bonds. The van der Waals surface area contributed by atoms with Crippen molar-refractivity contribution in [2.24, 2.45) is 17.8 Å². The van der Waals surface area contributed by atoms with Crippen LogP contribution in [0.3, 0.4) is 0 Å². The lowest BCUT2D eigenvalue weighted by Gasteiger charge is -2.16. The molecular weight excluding hydrogens is 256 g/mol. The van der Waals surface area contributed by atoms with E-state index in [2.05, 4.69) is 0 Å². The van der Waals surface area contributed by atoms with Crippen LogP contribution in [-0.4, -0.2) is 25.2 Å². The number of carbonyl (C=O) groups excluding carboxylic acids is 2. The molecule has 0 N–H and O–H groups in total. The fraction of sp³-hybridized carbons (Fsp3) is 0.750. The summed E-state index contributed by atoms with van der Waals surface area (Å²) in [6.07, 6.45) is 0. The molecule has 0 saturated carbocycles. The number of hydrogen-bond acceptors (Lipinski definition) is 4. The zero-order chi connectivity index (χ0) is 15.9. The van der Waals surface area contributed by atoms with E-state index in [0.717, 1.165) is 0 Å². The average molecular weight is 284 g/mol. The summed E-state index contributed by atoms with van der Waals surface area (Å²) < 4.78 is 10.4. The SMILES string of the molecule is C/C(C(=O)OCC(C)C)=C(/C(=O)OCC(C)C)C(C)C. The van der Waals surface area contributed by atoms with Crippen molar-refractivity contribution >= 4 is 11.9 Å². The molecule has 0 aromatic rings. The van der Waals surface area contributed by atoms with E-state index in [1.165, 1.54) is 0 Å². The molecule has 0 fully saturated rings. The zero-order valence-corrected chi connectivity index (χ0v) is 13.8. The smallest absolute Gasteiger partial charge is 0.334 e. The molecule has 0 aliphatic rings. The van der Waals surface area contributed by atoms with Crippen LogP contribution < -0.4 is 0 Å². The van der Waals surface area contributed by atoms with Crippen LogP contribution in [0.4, 0.5) is 0 Å². The van der Waals surface area contributed by atoms with Crippen LogP contribution in [0, 0.1) is 17.8 Å². The third-order valence-electron chi connectivity index (χ3n) is 2.60. The molecule has 0 heterocycles. The van der Waals surface area contributed by atoms with E-state index in [4.69, 9.17) is 9.47 Å². The van der Waals surface area contributed by atoms with E-state index < -0.39 is 11.9 Å². The molecule has 0 atom stereocenters. The van der Waals surface area contributed by atoms with E-state index >= 15 is 0 Å². The molecule has 116 valence electrons. The van der Waals surface area contributed by atoms with E-state index in [9.17, 15) is 9.59 Å². The highest BCUT2D eigenvalue weighted by molar-refractivity contribution is 6.00. The van der Waals surface area contributed by atoms with Gasteiger partial charge in [-0.25, -0.2) is 9.59 Å². The summed E-state index contributed by atoms with van der Waals surface area (Å²) in [4.78, 5) is 24.0. The van der Waals surface area contributed by atoms with E-state index in [1.54, 1.807) is 6.92 Å². The van der Waals surface area contributed by atoms with Gasteiger partial charge in [-0.3, -0.25) is 0 Å². The standard InChI is InChI=1S/C16H28O4/c1-10(2)8-19-15(17)13(7)14(12(5)6)16(18)20-9-11(3)4/h10-12H,8-9H2,1-7H3/b14-13-. The van der Waals surface area contributed by atoms with Crippen molar-refractivity contribution in [1.29, 1.82) is 0 Å². The van der Waals surface area contributed by atoms with Crippen LogP contribution in [-0.2, 0) is 19.1 Å². The first-order chi connectivity index (χ1) is 9.16. The van der Waals surface area contributed by atoms with Crippen molar-refractivity contribution in [3.05, 3.63) is 11.1 Å². The Kier molecular flexibility index (Phi) is 8.19. The summed E-state index contributed by atoms with van der Waals surface area (Å²) in [7, 11) is 0. The normalized spacial score (nSPS) is 12.7. The van der Waals surface area contributed by atoms with E-state index in [-0.39, 0.29) is 17.8 Å². The summed E-state index contributed by atoms with van der Waals surface area (Å²) in [6.45, 7) is 13.9. The van der Waals surface area contributed by atoms with Crippen molar-refractivity contribution in [2.45, 2.75) is 48.5 Å². The molecule has 0 spiro atoms. The average Bonchev–Trinajstić information content (AvgIpc) is 2.32. The summed E-state index contributed by atoms with van der Waals surface area (Å²) in [6, 6.07) is 0. The predicted molar refractivity (Wildman–Crippen MR) is 79.1 cm³/mol. The molecule has 0 radical (unpaired) electrons. The molecule has 0 unspecified atom stereocenters. The Bertz CT molecular complexity index is 365. The van der Waals surface area contributed by atoms with Gasteiger partial charge in [-0.15, -0.1) is 0 Å². The molecule has 20 heavy (non-hydrogen) atoms. The van der Waals surface area contributed by atoms with Crippen LogP contribution in [0.25, 0.3) is 0 Å². The van der Waals surface area contributed by atoms with Gasteiger partial charge in [-0.05, 0) is 24.7 Å². The minimum absolute atomic E-state index is 0.0822. The largest absolute Gasteiger partial charge is 0.462 e. The maximum absolute atomic E-state index is 12.1. The molecule has 0 aliphatic heterocycles. The Balaban J connectivity index is 4.97. The third-order valence-corrected chi connectivity index (χ3v) is 2.60. The quantitative estimate of drug-likeness (QED) is 0.531. The van der Waals surface area contributed by atoms with Gasteiger partial charge in [0.25, 0.3) is 0 Å². The lowest BCUT2D eigenvalue weighted by atomic mass is 9.98. The molecule has 0 aliphatic carbocycles. The number of hydrogen-bond donors (Lipinski definition) is 0. The van der Waals surface area contributed by atoms with E-state index in [0.29, 0.717) is 24.4 Å². The lowest BCUT2D eigenvalue weighted by Crippen LogP contribution is -2.21. The molecule has 4 nitrogen and oxygen atoms in total.